The van der Waals surface area contributed by atoms with Crippen LogP contribution in [-0.4, -0.2) is 36.9 Å². The van der Waals surface area contributed by atoms with Crippen LogP contribution in [0.15, 0.2) is 12.1 Å². The average molecular weight is 294 g/mol. The Kier molecular flexibility index (Phi) is 6.17. The van der Waals surface area contributed by atoms with Gasteiger partial charge in [0.1, 0.15) is 0 Å². The molecular formula is C15H22N2O4. The Morgan fingerprint density at radius 2 is 2.00 bits per heavy atom. The molecule has 116 valence electrons. The van der Waals surface area contributed by atoms with Gasteiger partial charge in [-0.05, 0) is 44.4 Å². The number of amides is 2. The van der Waals surface area contributed by atoms with Crippen LogP contribution in [0.4, 0.5) is 10.5 Å². The van der Waals surface area contributed by atoms with Crippen molar-refractivity contribution < 1.29 is 19.4 Å². The Morgan fingerprint density at radius 3 is 2.57 bits per heavy atom. The number of hydrogen-bond donors (Lipinski definition) is 3. The van der Waals surface area contributed by atoms with E-state index in [0.29, 0.717) is 24.3 Å². The first-order valence-corrected chi connectivity index (χ1v) is 6.76. The molecule has 0 aliphatic rings. The zero-order chi connectivity index (χ0) is 16.0. The van der Waals surface area contributed by atoms with Gasteiger partial charge in [0, 0.05) is 19.8 Å². The molecule has 1 atom stereocenters. The second-order valence-electron chi connectivity index (χ2n) is 5.09. The molecule has 21 heavy (non-hydrogen) atoms. The molecule has 1 aromatic rings. The Hall–Kier alpha value is -2.08. The quantitative estimate of drug-likeness (QED) is 0.752. The van der Waals surface area contributed by atoms with Crippen molar-refractivity contribution >= 4 is 17.7 Å². The minimum absolute atomic E-state index is 0.0658. The van der Waals surface area contributed by atoms with Crippen molar-refractivity contribution in [3.63, 3.8) is 0 Å². The third-order valence-corrected chi connectivity index (χ3v) is 3.08. The summed E-state index contributed by atoms with van der Waals surface area (Å²) in [4.78, 5) is 23.2. The van der Waals surface area contributed by atoms with Crippen LogP contribution in [-0.2, 0) is 4.74 Å². The van der Waals surface area contributed by atoms with Gasteiger partial charge in [-0.3, -0.25) is 0 Å². The van der Waals surface area contributed by atoms with Gasteiger partial charge in [0.15, 0.2) is 0 Å². The predicted molar refractivity (Wildman–Crippen MR) is 81.0 cm³/mol. The van der Waals surface area contributed by atoms with Crippen molar-refractivity contribution in [1.82, 2.24) is 5.32 Å². The van der Waals surface area contributed by atoms with E-state index < -0.39 is 12.0 Å². The average Bonchev–Trinajstić information content (AvgIpc) is 2.38. The molecule has 0 spiro atoms. The lowest BCUT2D eigenvalue weighted by Crippen LogP contribution is -2.37. The fourth-order valence-corrected chi connectivity index (χ4v) is 2.04. The Morgan fingerprint density at radius 1 is 1.33 bits per heavy atom. The fourth-order valence-electron chi connectivity index (χ4n) is 2.04. The number of carboxylic acids is 1. The summed E-state index contributed by atoms with van der Waals surface area (Å²) >= 11 is 0. The predicted octanol–water partition coefficient (Wildman–Crippen LogP) is 2.55. The highest BCUT2D eigenvalue weighted by molar-refractivity contribution is 6.01. The van der Waals surface area contributed by atoms with Gasteiger partial charge in [-0.1, -0.05) is 6.07 Å². The van der Waals surface area contributed by atoms with E-state index in [1.165, 1.54) is 0 Å². The Balaban J connectivity index is 2.83. The minimum Gasteiger partial charge on any atom is -0.478 e. The number of carboxylic acid groups (broad SMARTS) is 1. The largest absolute Gasteiger partial charge is 0.478 e. The van der Waals surface area contributed by atoms with Gasteiger partial charge in [0.05, 0.1) is 11.3 Å². The molecular weight excluding hydrogens is 272 g/mol. The molecule has 1 aromatic carbocycles. The highest BCUT2D eigenvalue weighted by Gasteiger charge is 2.16. The van der Waals surface area contributed by atoms with Gasteiger partial charge in [-0.25, -0.2) is 9.59 Å². The van der Waals surface area contributed by atoms with E-state index >= 15 is 0 Å². The molecule has 0 radical (unpaired) electrons. The number of ether oxygens (including phenoxy) is 1. The van der Waals surface area contributed by atoms with E-state index in [9.17, 15) is 14.7 Å². The van der Waals surface area contributed by atoms with Gasteiger partial charge in [0.25, 0.3) is 0 Å². The van der Waals surface area contributed by atoms with Crippen molar-refractivity contribution in [2.24, 2.45) is 0 Å². The summed E-state index contributed by atoms with van der Waals surface area (Å²) in [6.45, 7) is 5.99. The summed E-state index contributed by atoms with van der Waals surface area (Å²) in [6.07, 6.45) is 0.683. The van der Waals surface area contributed by atoms with Crippen LogP contribution in [0.5, 0.6) is 0 Å². The number of carbonyl (C=O) groups is 2. The zero-order valence-electron chi connectivity index (χ0n) is 12.8. The van der Waals surface area contributed by atoms with Gasteiger partial charge in [-0.15, -0.1) is 0 Å². The summed E-state index contributed by atoms with van der Waals surface area (Å²) in [5.74, 6) is -1.07. The van der Waals surface area contributed by atoms with Crippen LogP contribution in [0, 0.1) is 13.8 Å². The Bertz CT molecular complexity index is 529. The number of anilines is 1. The molecule has 2 amide bonds. The van der Waals surface area contributed by atoms with E-state index in [2.05, 4.69) is 10.6 Å². The first kappa shape index (κ1) is 17.0. The number of rotatable bonds is 6. The molecule has 0 fully saturated rings. The monoisotopic (exact) mass is 294 g/mol. The number of aryl methyl sites for hydroxylation is 2. The molecule has 3 N–H and O–H groups in total. The van der Waals surface area contributed by atoms with E-state index in [4.69, 9.17) is 4.74 Å². The highest BCUT2D eigenvalue weighted by Crippen LogP contribution is 2.22. The maximum atomic E-state index is 11.9. The number of benzene rings is 1. The van der Waals surface area contributed by atoms with Crippen molar-refractivity contribution in [2.75, 3.05) is 19.0 Å². The highest BCUT2D eigenvalue weighted by atomic mass is 16.5. The number of carbonyl (C=O) groups excluding carboxylic acids is 1. The third kappa shape index (κ3) is 5.07. The van der Waals surface area contributed by atoms with Gasteiger partial charge in [-0.2, -0.15) is 0 Å². The molecule has 1 unspecified atom stereocenters. The number of nitrogens with one attached hydrogen (secondary N) is 2. The van der Waals surface area contributed by atoms with Crippen LogP contribution < -0.4 is 10.6 Å². The van der Waals surface area contributed by atoms with Crippen LogP contribution in [0.1, 0.15) is 34.8 Å². The summed E-state index contributed by atoms with van der Waals surface area (Å²) in [5.41, 5.74) is 1.97. The van der Waals surface area contributed by atoms with Crippen molar-refractivity contribution in [2.45, 2.75) is 33.2 Å². The van der Waals surface area contributed by atoms with E-state index in [1.54, 1.807) is 20.1 Å². The van der Waals surface area contributed by atoms with Crippen molar-refractivity contribution in [3.8, 4) is 0 Å². The van der Waals surface area contributed by atoms with Crippen LogP contribution >= 0.6 is 0 Å². The zero-order valence-corrected chi connectivity index (χ0v) is 12.8. The molecule has 6 heteroatoms. The van der Waals surface area contributed by atoms with E-state index in [0.717, 1.165) is 5.56 Å². The first-order valence-electron chi connectivity index (χ1n) is 6.76. The van der Waals surface area contributed by atoms with Crippen LogP contribution in [0.3, 0.4) is 0 Å². The third-order valence-electron chi connectivity index (χ3n) is 3.08. The first-order chi connectivity index (χ1) is 9.85. The minimum atomic E-state index is -1.07. The lowest BCUT2D eigenvalue weighted by atomic mass is 10.0. The van der Waals surface area contributed by atoms with Crippen molar-refractivity contribution in [1.29, 1.82) is 0 Å². The van der Waals surface area contributed by atoms with Gasteiger partial charge >= 0.3 is 12.0 Å². The molecule has 0 heterocycles. The topological polar surface area (TPSA) is 87.7 Å². The molecule has 0 saturated heterocycles. The summed E-state index contributed by atoms with van der Waals surface area (Å²) in [7, 11) is 1.60. The maximum Gasteiger partial charge on any atom is 0.337 e. The second kappa shape index (κ2) is 7.64. The van der Waals surface area contributed by atoms with Gasteiger partial charge < -0.3 is 20.5 Å². The summed E-state index contributed by atoms with van der Waals surface area (Å²) in [6, 6.07) is 2.88. The standard InChI is InChI=1S/C15H22N2O4/c1-9-7-10(2)13(12(8-9)14(18)19)17-15(20)16-11(3)5-6-21-4/h7-8,11H,5-6H2,1-4H3,(H,18,19)(H2,16,17,20). The SMILES string of the molecule is COCCC(C)NC(=O)Nc1c(C)cc(C)cc1C(=O)O. The molecule has 0 aliphatic heterocycles. The van der Waals surface area contributed by atoms with Gasteiger partial charge in [0.2, 0.25) is 0 Å². The smallest absolute Gasteiger partial charge is 0.337 e. The van der Waals surface area contributed by atoms with Crippen molar-refractivity contribution in [3.05, 3.63) is 28.8 Å². The number of urea groups is 1. The van der Waals surface area contributed by atoms with E-state index in [-0.39, 0.29) is 11.6 Å². The van der Waals surface area contributed by atoms with Crippen LogP contribution in [0.2, 0.25) is 0 Å². The molecule has 0 bridgehead atoms. The van der Waals surface area contributed by atoms with Crippen LogP contribution in [0.25, 0.3) is 0 Å². The van der Waals surface area contributed by atoms with E-state index in [1.807, 2.05) is 19.9 Å². The number of aromatic carboxylic acids is 1. The summed E-state index contributed by atoms with van der Waals surface area (Å²) in [5, 5.41) is 14.6. The number of hydrogen-bond acceptors (Lipinski definition) is 3. The lowest BCUT2D eigenvalue weighted by Gasteiger charge is -2.17. The molecule has 0 aromatic heterocycles. The summed E-state index contributed by atoms with van der Waals surface area (Å²) < 4.78 is 4.95. The molecule has 1 rings (SSSR count). The fraction of sp³-hybridized carbons (Fsp3) is 0.467. The normalized spacial score (nSPS) is 11.8. The lowest BCUT2D eigenvalue weighted by molar-refractivity contribution is 0.0698. The maximum absolute atomic E-state index is 11.9. The molecule has 0 aliphatic carbocycles. The second-order valence-corrected chi connectivity index (χ2v) is 5.09. The number of methoxy groups -OCH3 is 1. The molecule has 0 saturated carbocycles. The Labute approximate surface area is 124 Å². The molecule has 6 nitrogen and oxygen atoms in total.